The lowest BCUT2D eigenvalue weighted by molar-refractivity contribution is 0.208. The molecule has 0 saturated carbocycles. The maximum Gasteiger partial charge on any atom is 0.283 e. The third-order valence-corrected chi connectivity index (χ3v) is 5.55. The van der Waals surface area contributed by atoms with Gasteiger partial charge in [-0.2, -0.15) is 23.4 Å². The number of aryl methyl sites for hydroxylation is 1. The molecule has 1 aliphatic rings. The van der Waals surface area contributed by atoms with Gasteiger partial charge in [-0.15, -0.1) is 0 Å². The predicted molar refractivity (Wildman–Crippen MR) is 92.5 cm³/mol. The van der Waals surface area contributed by atoms with Crippen LogP contribution in [0.4, 0.5) is 0 Å². The van der Waals surface area contributed by atoms with Crippen molar-refractivity contribution < 1.29 is 12.7 Å². The first kappa shape index (κ1) is 17.8. The van der Waals surface area contributed by atoms with Crippen LogP contribution in [-0.4, -0.2) is 19.5 Å². The van der Waals surface area contributed by atoms with Gasteiger partial charge in [0, 0.05) is 4.91 Å². The van der Waals surface area contributed by atoms with Crippen LogP contribution in [0, 0.1) is 18.3 Å². The molecule has 1 heterocycles. The Morgan fingerprint density at radius 2 is 2.17 bits per heavy atom. The fourth-order valence-electron chi connectivity index (χ4n) is 2.11. The predicted octanol–water partition coefficient (Wildman–Crippen LogP) is 3.12. The molecule has 0 aliphatic carbocycles. The number of thioether (sulfide) groups is 1. The van der Waals surface area contributed by atoms with E-state index < -0.39 is 10.1 Å². The van der Waals surface area contributed by atoms with Gasteiger partial charge in [0.05, 0.1) is 11.3 Å². The molecule has 1 unspecified atom stereocenters. The van der Waals surface area contributed by atoms with Crippen molar-refractivity contribution in [2.24, 2.45) is 0 Å². The fourth-order valence-corrected chi connectivity index (χ4v) is 3.96. The monoisotopic (exact) mass is 350 g/mol. The molecule has 5 nitrogen and oxygen atoms in total. The average molecular weight is 350 g/mol. The zero-order chi connectivity index (χ0) is 16.9. The second-order valence-electron chi connectivity index (χ2n) is 5.03. The molecule has 0 aromatic heterocycles. The molecule has 0 saturated heterocycles. The summed E-state index contributed by atoms with van der Waals surface area (Å²) in [6.45, 7) is 3.72. The molecule has 23 heavy (non-hydrogen) atoms. The second kappa shape index (κ2) is 7.79. The molecule has 0 fully saturated rings. The van der Waals surface area contributed by atoms with E-state index in [2.05, 4.69) is 11.5 Å². The van der Waals surface area contributed by atoms with Crippen LogP contribution < -0.4 is 5.48 Å². The number of nitriles is 1. The van der Waals surface area contributed by atoms with Gasteiger partial charge in [0.2, 0.25) is 0 Å². The van der Waals surface area contributed by atoms with E-state index in [-0.39, 0.29) is 11.1 Å². The number of hydrogen-bond acceptors (Lipinski definition) is 6. The van der Waals surface area contributed by atoms with Crippen LogP contribution in [0.5, 0.6) is 0 Å². The number of allylic oxidation sites excluding steroid dienone is 2. The summed E-state index contributed by atoms with van der Waals surface area (Å²) in [4.78, 5) is 0.788. The topological polar surface area (TPSA) is 79.2 Å². The van der Waals surface area contributed by atoms with E-state index >= 15 is 0 Å². The highest BCUT2D eigenvalue weighted by molar-refractivity contribution is 8.04. The van der Waals surface area contributed by atoms with Gasteiger partial charge in [0.15, 0.2) is 0 Å². The molecule has 1 atom stereocenters. The molecule has 0 bridgehead atoms. The van der Waals surface area contributed by atoms with E-state index in [1.54, 1.807) is 13.0 Å². The average Bonchev–Trinajstić information content (AvgIpc) is 2.97. The summed E-state index contributed by atoms with van der Waals surface area (Å²) in [5.41, 5.74) is 4.99. The van der Waals surface area contributed by atoms with Gasteiger partial charge in [0.25, 0.3) is 10.1 Å². The summed E-state index contributed by atoms with van der Waals surface area (Å²) in [5.74, 6) is -0.0313. The first-order chi connectivity index (χ1) is 11.0. The highest BCUT2D eigenvalue weighted by atomic mass is 32.2. The largest absolute Gasteiger partial charge is 0.283 e. The molecular weight excluding hydrogens is 332 g/mol. The summed E-state index contributed by atoms with van der Waals surface area (Å²) in [6, 6.07) is 9.90. The Hall–Kier alpha value is -1.59. The van der Waals surface area contributed by atoms with Crippen molar-refractivity contribution in [1.82, 2.24) is 5.48 Å². The molecule has 0 radical (unpaired) electrons. The molecule has 0 spiro atoms. The Morgan fingerprint density at radius 3 is 2.83 bits per heavy atom. The number of nitrogens with zero attached hydrogens (tertiary/aromatic N) is 1. The number of benzene rings is 1. The summed E-state index contributed by atoms with van der Waals surface area (Å²) >= 11 is 1.35. The van der Waals surface area contributed by atoms with Crippen LogP contribution in [0.3, 0.4) is 0 Å². The van der Waals surface area contributed by atoms with Crippen molar-refractivity contribution in [3.8, 4) is 6.07 Å². The molecule has 1 aromatic rings. The molecule has 2 rings (SSSR count). The van der Waals surface area contributed by atoms with E-state index in [0.29, 0.717) is 12.0 Å². The molecular formula is C16H18N2O3S2. The van der Waals surface area contributed by atoms with Crippen LogP contribution in [0.25, 0.3) is 5.57 Å². The lowest BCUT2D eigenvalue weighted by atomic mass is 10.0. The van der Waals surface area contributed by atoms with Crippen LogP contribution in [0.2, 0.25) is 0 Å². The minimum absolute atomic E-state index is 0.0313. The quantitative estimate of drug-likeness (QED) is 0.627. The Bertz CT molecular complexity index is 777. The van der Waals surface area contributed by atoms with Crippen molar-refractivity contribution >= 4 is 27.5 Å². The molecule has 1 N–H and O–H groups in total. The van der Waals surface area contributed by atoms with E-state index in [4.69, 9.17) is 4.28 Å². The smallest absolute Gasteiger partial charge is 0.198 e. The SMILES string of the molecule is CCCS(=O)(=O)ONC1C=C/C(=C(\C#N)c2ccccc2C)S1. The zero-order valence-electron chi connectivity index (χ0n) is 12.9. The van der Waals surface area contributed by atoms with Gasteiger partial charge >= 0.3 is 0 Å². The van der Waals surface area contributed by atoms with Gasteiger partial charge < -0.3 is 0 Å². The summed E-state index contributed by atoms with van der Waals surface area (Å²) < 4.78 is 27.9. The van der Waals surface area contributed by atoms with Crippen LogP contribution in [0.15, 0.2) is 41.3 Å². The second-order valence-corrected chi connectivity index (χ2v) is 7.90. The fraction of sp³-hybridized carbons (Fsp3) is 0.312. The normalized spacial score (nSPS) is 19.6. The van der Waals surface area contributed by atoms with Crippen molar-refractivity contribution in [3.05, 3.63) is 52.4 Å². The molecule has 122 valence electrons. The van der Waals surface area contributed by atoms with Crippen LogP contribution in [-0.2, 0) is 14.4 Å². The first-order valence-electron chi connectivity index (χ1n) is 7.18. The number of rotatable bonds is 6. The highest BCUT2D eigenvalue weighted by Gasteiger charge is 2.21. The summed E-state index contributed by atoms with van der Waals surface area (Å²) in [7, 11) is -3.56. The van der Waals surface area contributed by atoms with Gasteiger partial charge in [-0.3, -0.25) is 0 Å². The van der Waals surface area contributed by atoms with E-state index in [0.717, 1.165) is 16.0 Å². The van der Waals surface area contributed by atoms with E-state index in [1.807, 2.05) is 37.3 Å². The van der Waals surface area contributed by atoms with E-state index in [1.165, 1.54) is 11.8 Å². The Kier molecular flexibility index (Phi) is 6.02. The third kappa shape index (κ3) is 4.69. The zero-order valence-corrected chi connectivity index (χ0v) is 14.6. The van der Waals surface area contributed by atoms with Gasteiger partial charge in [-0.1, -0.05) is 49.0 Å². The van der Waals surface area contributed by atoms with Crippen LogP contribution in [0.1, 0.15) is 24.5 Å². The first-order valence-corrected chi connectivity index (χ1v) is 9.64. The molecule has 1 aliphatic heterocycles. The number of nitrogens with one attached hydrogen (secondary N) is 1. The summed E-state index contributed by atoms with van der Waals surface area (Å²) in [5, 5.41) is 9.13. The van der Waals surface area contributed by atoms with Gasteiger partial charge in [-0.05, 0) is 30.5 Å². The van der Waals surface area contributed by atoms with Gasteiger partial charge in [-0.25, -0.2) is 0 Å². The Balaban J connectivity index is 2.11. The standard InChI is InChI=1S/C16H18N2O3S2/c1-3-10-23(19,20)21-18-16-9-8-15(22-16)14(11-17)13-7-5-4-6-12(13)2/h4-9,16,18H,3,10H2,1-2H3/b15-14-. The lowest BCUT2D eigenvalue weighted by Crippen LogP contribution is -2.27. The summed E-state index contributed by atoms with van der Waals surface area (Å²) in [6.07, 6.45) is 4.08. The van der Waals surface area contributed by atoms with Crippen molar-refractivity contribution in [2.45, 2.75) is 25.6 Å². The van der Waals surface area contributed by atoms with Crippen LogP contribution >= 0.6 is 11.8 Å². The van der Waals surface area contributed by atoms with Gasteiger partial charge in [0.1, 0.15) is 11.4 Å². The molecule has 0 amide bonds. The maximum absolute atomic E-state index is 11.5. The van der Waals surface area contributed by atoms with Crippen molar-refractivity contribution in [2.75, 3.05) is 5.75 Å². The lowest BCUT2D eigenvalue weighted by Gasteiger charge is -2.11. The van der Waals surface area contributed by atoms with Crippen molar-refractivity contribution in [1.29, 1.82) is 5.26 Å². The van der Waals surface area contributed by atoms with Crippen molar-refractivity contribution in [3.63, 3.8) is 0 Å². The molecule has 7 heteroatoms. The minimum atomic E-state index is -3.56. The maximum atomic E-state index is 11.5. The Morgan fingerprint density at radius 1 is 1.43 bits per heavy atom. The number of hydroxylamine groups is 1. The Labute approximate surface area is 141 Å². The highest BCUT2D eigenvalue weighted by Crippen LogP contribution is 2.36. The molecule has 1 aromatic carbocycles. The van der Waals surface area contributed by atoms with E-state index in [9.17, 15) is 13.7 Å². The minimum Gasteiger partial charge on any atom is -0.198 e. The number of hydrogen-bond donors (Lipinski definition) is 1. The third-order valence-electron chi connectivity index (χ3n) is 3.19.